The van der Waals surface area contributed by atoms with Gasteiger partial charge in [0.05, 0.1) is 16.6 Å². The fourth-order valence-corrected chi connectivity index (χ4v) is 4.03. The summed E-state index contributed by atoms with van der Waals surface area (Å²) in [5.41, 5.74) is 8.53. The molecule has 0 saturated heterocycles. The lowest BCUT2D eigenvalue weighted by molar-refractivity contribution is -0.119. The van der Waals surface area contributed by atoms with E-state index < -0.39 is 11.9 Å². The second-order valence-electron chi connectivity index (χ2n) is 6.75. The molecule has 6 heteroatoms. The molecule has 0 radical (unpaired) electrons. The molecule has 0 aliphatic rings. The third kappa shape index (κ3) is 3.93. The number of halogens is 1. The standard InChI is InChI=1S/C23H18IN3O2/c24-17-10-4-1-7-14(17)13-20(22(25)28)27-23(29)21-15-8-2-5-11-18(15)26-19-12-6-3-9-16(19)21/h1-12,20H,13H2,(H2,25,28)(H,27,29)/t20-/m1/s1. The Morgan fingerprint density at radius 1 is 0.897 bits per heavy atom. The zero-order valence-corrected chi connectivity index (χ0v) is 17.6. The summed E-state index contributed by atoms with van der Waals surface area (Å²) in [5.74, 6) is -0.907. The van der Waals surface area contributed by atoms with Gasteiger partial charge in [-0.15, -0.1) is 0 Å². The number of fused-ring (bicyclic) bond motifs is 2. The van der Waals surface area contributed by atoms with Gasteiger partial charge < -0.3 is 11.1 Å². The third-order valence-electron chi connectivity index (χ3n) is 4.85. The minimum absolute atomic E-state index is 0.334. The van der Waals surface area contributed by atoms with E-state index in [-0.39, 0.29) is 5.91 Å². The van der Waals surface area contributed by atoms with Crippen molar-refractivity contribution in [2.45, 2.75) is 12.5 Å². The highest BCUT2D eigenvalue weighted by atomic mass is 127. The van der Waals surface area contributed by atoms with E-state index in [0.717, 1.165) is 30.9 Å². The number of hydrogen-bond donors (Lipinski definition) is 2. The van der Waals surface area contributed by atoms with Crippen molar-refractivity contribution in [2.24, 2.45) is 5.73 Å². The van der Waals surface area contributed by atoms with Crippen LogP contribution in [0.2, 0.25) is 0 Å². The summed E-state index contributed by atoms with van der Waals surface area (Å²) in [5, 5.41) is 4.32. The predicted octanol–water partition coefficient (Wildman–Crippen LogP) is 3.82. The fourth-order valence-electron chi connectivity index (χ4n) is 3.42. The molecule has 1 aromatic heterocycles. The monoisotopic (exact) mass is 495 g/mol. The van der Waals surface area contributed by atoms with E-state index in [2.05, 4.69) is 32.9 Å². The number of nitrogens with two attached hydrogens (primary N) is 1. The molecule has 0 saturated carbocycles. The van der Waals surface area contributed by atoms with Crippen LogP contribution in [-0.2, 0) is 11.2 Å². The fraction of sp³-hybridized carbons (Fsp3) is 0.0870. The smallest absolute Gasteiger partial charge is 0.253 e. The number of aromatic nitrogens is 1. The molecular weight excluding hydrogens is 477 g/mol. The average Bonchev–Trinajstić information content (AvgIpc) is 2.72. The Morgan fingerprint density at radius 2 is 1.45 bits per heavy atom. The first kappa shape index (κ1) is 19.3. The number of primary amides is 1. The van der Waals surface area contributed by atoms with E-state index in [1.165, 1.54) is 0 Å². The van der Waals surface area contributed by atoms with E-state index in [1.54, 1.807) is 0 Å². The van der Waals surface area contributed by atoms with Crippen molar-refractivity contribution in [2.75, 3.05) is 0 Å². The highest BCUT2D eigenvalue weighted by molar-refractivity contribution is 14.1. The number of pyridine rings is 1. The molecule has 4 aromatic rings. The van der Waals surface area contributed by atoms with Crippen LogP contribution in [0.5, 0.6) is 0 Å². The maximum atomic E-state index is 13.3. The molecule has 0 aliphatic carbocycles. The van der Waals surface area contributed by atoms with Gasteiger partial charge in [-0.3, -0.25) is 9.59 Å². The Hall–Kier alpha value is -3.00. The molecular formula is C23H18IN3O2. The van der Waals surface area contributed by atoms with Gasteiger partial charge in [-0.1, -0.05) is 54.6 Å². The number of hydrogen-bond acceptors (Lipinski definition) is 3. The second-order valence-corrected chi connectivity index (χ2v) is 7.91. The summed E-state index contributed by atoms with van der Waals surface area (Å²) in [6.07, 6.45) is 0.334. The Labute approximate surface area is 181 Å². The van der Waals surface area contributed by atoms with Gasteiger partial charge in [0.2, 0.25) is 5.91 Å². The first-order valence-corrected chi connectivity index (χ1v) is 10.2. The highest BCUT2D eigenvalue weighted by Crippen LogP contribution is 2.26. The highest BCUT2D eigenvalue weighted by Gasteiger charge is 2.23. The molecule has 0 fully saturated rings. The molecule has 29 heavy (non-hydrogen) atoms. The zero-order valence-electron chi connectivity index (χ0n) is 15.4. The van der Waals surface area contributed by atoms with Gasteiger partial charge in [0.1, 0.15) is 6.04 Å². The molecule has 4 rings (SSSR count). The lowest BCUT2D eigenvalue weighted by Gasteiger charge is -2.18. The van der Waals surface area contributed by atoms with Crippen LogP contribution in [0, 0.1) is 3.57 Å². The van der Waals surface area contributed by atoms with Crippen LogP contribution in [0.4, 0.5) is 0 Å². The SMILES string of the molecule is NC(=O)[C@@H](Cc1ccccc1I)NC(=O)c1c2ccccc2nc2ccccc12. The molecule has 0 spiro atoms. The normalized spacial score (nSPS) is 12.0. The van der Waals surface area contributed by atoms with Gasteiger partial charge in [0.15, 0.2) is 0 Å². The maximum Gasteiger partial charge on any atom is 0.253 e. The largest absolute Gasteiger partial charge is 0.368 e. The Morgan fingerprint density at radius 3 is 2.03 bits per heavy atom. The summed E-state index contributed by atoms with van der Waals surface area (Å²) in [6, 6.07) is 21.9. The van der Waals surface area contributed by atoms with Gasteiger partial charge in [0.25, 0.3) is 5.91 Å². The van der Waals surface area contributed by atoms with Gasteiger partial charge in [-0.2, -0.15) is 0 Å². The first-order valence-electron chi connectivity index (χ1n) is 9.15. The minimum atomic E-state index is -0.816. The average molecular weight is 495 g/mol. The Kier molecular flexibility index (Phi) is 5.44. The van der Waals surface area contributed by atoms with E-state index in [9.17, 15) is 9.59 Å². The molecule has 5 nitrogen and oxygen atoms in total. The molecule has 3 N–H and O–H groups in total. The molecule has 1 heterocycles. The summed E-state index contributed by atoms with van der Waals surface area (Å²) in [6.45, 7) is 0. The number of amides is 2. The summed E-state index contributed by atoms with van der Waals surface area (Å²) in [4.78, 5) is 30.1. The molecule has 2 amide bonds. The molecule has 3 aromatic carbocycles. The summed E-state index contributed by atoms with van der Waals surface area (Å²) < 4.78 is 1.02. The van der Waals surface area contributed by atoms with E-state index in [0.29, 0.717) is 12.0 Å². The number of para-hydroxylation sites is 2. The molecule has 1 atom stereocenters. The van der Waals surface area contributed by atoms with Gasteiger partial charge >= 0.3 is 0 Å². The van der Waals surface area contributed by atoms with E-state index in [1.807, 2.05) is 72.8 Å². The lowest BCUT2D eigenvalue weighted by atomic mass is 10.0. The van der Waals surface area contributed by atoms with Crippen molar-refractivity contribution in [1.82, 2.24) is 10.3 Å². The summed E-state index contributed by atoms with van der Waals surface area (Å²) in [7, 11) is 0. The number of nitrogens with zero attached hydrogens (tertiary/aromatic N) is 1. The third-order valence-corrected chi connectivity index (χ3v) is 5.90. The van der Waals surface area contributed by atoms with Crippen LogP contribution in [0.3, 0.4) is 0 Å². The van der Waals surface area contributed by atoms with Crippen LogP contribution in [0.1, 0.15) is 15.9 Å². The number of carbonyl (C=O) groups excluding carboxylic acids is 2. The topological polar surface area (TPSA) is 85.1 Å². The van der Waals surface area contributed by atoms with Gasteiger partial charge in [0, 0.05) is 20.8 Å². The number of rotatable bonds is 5. The number of carbonyl (C=O) groups is 2. The van der Waals surface area contributed by atoms with Crippen molar-refractivity contribution >= 4 is 56.2 Å². The molecule has 144 valence electrons. The second kappa shape index (κ2) is 8.16. The van der Waals surface area contributed by atoms with E-state index in [4.69, 9.17) is 5.73 Å². The van der Waals surface area contributed by atoms with Crippen LogP contribution in [-0.4, -0.2) is 22.8 Å². The summed E-state index contributed by atoms with van der Waals surface area (Å²) >= 11 is 2.21. The first-order chi connectivity index (χ1) is 14.0. The Bertz CT molecular complexity index is 1190. The minimum Gasteiger partial charge on any atom is -0.368 e. The van der Waals surface area contributed by atoms with Crippen LogP contribution < -0.4 is 11.1 Å². The van der Waals surface area contributed by atoms with Crippen molar-refractivity contribution < 1.29 is 9.59 Å². The van der Waals surface area contributed by atoms with Crippen LogP contribution in [0.25, 0.3) is 21.8 Å². The Balaban J connectivity index is 1.75. The predicted molar refractivity (Wildman–Crippen MR) is 123 cm³/mol. The number of nitrogens with one attached hydrogen (secondary N) is 1. The van der Waals surface area contributed by atoms with Crippen LogP contribution in [0.15, 0.2) is 72.8 Å². The van der Waals surface area contributed by atoms with Crippen LogP contribution >= 0.6 is 22.6 Å². The molecule has 0 bridgehead atoms. The number of benzene rings is 3. The van der Waals surface area contributed by atoms with E-state index >= 15 is 0 Å². The van der Waals surface area contributed by atoms with Crippen molar-refractivity contribution in [3.63, 3.8) is 0 Å². The van der Waals surface area contributed by atoms with Crippen molar-refractivity contribution in [3.05, 3.63) is 87.5 Å². The lowest BCUT2D eigenvalue weighted by Crippen LogP contribution is -2.46. The maximum absolute atomic E-state index is 13.3. The quantitative estimate of drug-likeness (QED) is 0.326. The van der Waals surface area contributed by atoms with Gasteiger partial charge in [-0.05, 0) is 46.4 Å². The molecule has 0 unspecified atom stereocenters. The van der Waals surface area contributed by atoms with Crippen molar-refractivity contribution in [3.8, 4) is 0 Å². The van der Waals surface area contributed by atoms with Crippen molar-refractivity contribution in [1.29, 1.82) is 0 Å². The van der Waals surface area contributed by atoms with Gasteiger partial charge in [-0.25, -0.2) is 4.98 Å². The molecule has 0 aliphatic heterocycles. The zero-order chi connectivity index (χ0) is 20.4.